The molecule has 1 fully saturated rings. The summed E-state index contributed by atoms with van der Waals surface area (Å²) < 4.78 is 0. The number of carbonyl (C=O) groups excluding carboxylic acids is 1. The van der Waals surface area contributed by atoms with Gasteiger partial charge in [0.1, 0.15) is 5.52 Å². The largest absolute Gasteiger partial charge is 0.367 e. The molecule has 122 valence electrons. The summed E-state index contributed by atoms with van der Waals surface area (Å²) in [6, 6.07) is 2.11. The number of rotatable bonds is 4. The molecule has 2 aromatic rings. The maximum absolute atomic E-state index is 11.8. The van der Waals surface area contributed by atoms with Crippen LogP contribution >= 0.6 is 0 Å². The lowest BCUT2D eigenvalue weighted by Crippen LogP contribution is -2.51. The molecule has 1 aliphatic rings. The molecule has 1 aliphatic heterocycles. The summed E-state index contributed by atoms with van der Waals surface area (Å²) in [5.74, 6) is 0.523. The van der Waals surface area contributed by atoms with Gasteiger partial charge in [0.25, 0.3) is 0 Å². The fraction of sp³-hybridized carbons (Fsp3) is 0.500. The molecule has 1 saturated heterocycles. The van der Waals surface area contributed by atoms with Gasteiger partial charge in [0, 0.05) is 37.7 Å². The van der Waals surface area contributed by atoms with E-state index < -0.39 is 0 Å². The van der Waals surface area contributed by atoms with Crippen LogP contribution in [-0.4, -0.2) is 53.6 Å². The van der Waals surface area contributed by atoms with Crippen LogP contribution in [0.2, 0.25) is 0 Å². The van der Waals surface area contributed by atoms with Crippen LogP contribution in [0, 0.1) is 5.92 Å². The van der Waals surface area contributed by atoms with Crippen molar-refractivity contribution in [1.29, 1.82) is 0 Å². The number of piperidine rings is 1. The van der Waals surface area contributed by atoms with Crippen molar-refractivity contribution in [3.63, 3.8) is 0 Å². The van der Waals surface area contributed by atoms with E-state index in [1.807, 2.05) is 6.07 Å². The Kier molecular flexibility index (Phi) is 4.66. The van der Waals surface area contributed by atoms with Crippen LogP contribution in [0.5, 0.6) is 0 Å². The van der Waals surface area contributed by atoms with Crippen LogP contribution < -0.4 is 15.5 Å². The highest BCUT2D eigenvalue weighted by Gasteiger charge is 2.27. The Hall–Kier alpha value is -2.28. The summed E-state index contributed by atoms with van der Waals surface area (Å²) in [5, 5.41) is 5.99. The van der Waals surface area contributed by atoms with Crippen molar-refractivity contribution >= 4 is 22.8 Å². The maximum Gasteiger partial charge on any atom is 0.234 e. The van der Waals surface area contributed by atoms with Gasteiger partial charge in [0.15, 0.2) is 5.65 Å². The molecule has 1 amide bonds. The van der Waals surface area contributed by atoms with E-state index in [0.29, 0.717) is 18.1 Å². The minimum atomic E-state index is 0.0333. The van der Waals surface area contributed by atoms with Gasteiger partial charge in [0.05, 0.1) is 12.2 Å². The Morgan fingerprint density at radius 2 is 2.04 bits per heavy atom. The molecule has 7 nitrogen and oxygen atoms in total. The third kappa shape index (κ3) is 3.56. The van der Waals surface area contributed by atoms with E-state index in [1.165, 1.54) is 0 Å². The second kappa shape index (κ2) is 6.87. The molecule has 0 aliphatic carbocycles. The quantitative estimate of drug-likeness (QED) is 0.859. The molecule has 2 aromatic heterocycles. The normalized spacial score (nSPS) is 21.4. The molecule has 0 spiro atoms. The van der Waals surface area contributed by atoms with E-state index >= 15 is 0 Å². The highest BCUT2D eigenvalue weighted by molar-refractivity contribution is 5.85. The van der Waals surface area contributed by atoms with Gasteiger partial charge in [0.2, 0.25) is 5.91 Å². The third-order valence-corrected chi connectivity index (χ3v) is 4.05. The second-order valence-electron chi connectivity index (χ2n) is 6.10. The molecule has 0 aromatic carbocycles. The first-order chi connectivity index (χ1) is 11.2. The molecule has 23 heavy (non-hydrogen) atoms. The fourth-order valence-electron chi connectivity index (χ4n) is 3.21. The Morgan fingerprint density at radius 1 is 1.26 bits per heavy atom. The Morgan fingerprint density at radius 3 is 2.87 bits per heavy atom. The highest BCUT2D eigenvalue weighted by atomic mass is 16.2. The Balaban J connectivity index is 1.82. The molecule has 2 N–H and O–H groups in total. The fourth-order valence-corrected chi connectivity index (χ4v) is 3.21. The van der Waals surface area contributed by atoms with Gasteiger partial charge >= 0.3 is 0 Å². The van der Waals surface area contributed by atoms with Crippen molar-refractivity contribution < 1.29 is 4.79 Å². The minimum absolute atomic E-state index is 0.0333. The molecule has 3 rings (SSSR count). The van der Waals surface area contributed by atoms with E-state index in [2.05, 4.69) is 37.4 Å². The molecule has 0 saturated carbocycles. The first-order valence-electron chi connectivity index (χ1n) is 7.92. The van der Waals surface area contributed by atoms with Gasteiger partial charge in [-0.3, -0.25) is 4.79 Å². The number of nitrogens with one attached hydrogen (secondary N) is 2. The zero-order valence-corrected chi connectivity index (χ0v) is 13.5. The number of hydrogen-bond donors (Lipinski definition) is 2. The van der Waals surface area contributed by atoms with E-state index in [4.69, 9.17) is 0 Å². The number of fused-ring (bicyclic) bond motifs is 1. The number of likely N-dealkylation sites (N-methyl/N-ethyl adjacent to an activating group) is 1. The number of anilines is 1. The average molecular weight is 314 g/mol. The number of amides is 1. The summed E-state index contributed by atoms with van der Waals surface area (Å²) >= 11 is 0. The molecule has 3 heterocycles. The van der Waals surface area contributed by atoms with E-state index in [0.717, 1.165) is 30.7 Å². The SMILES string of the molecule is CNCC(=O)N[C@@H]1C[C@H](C)CN(c2ccnc3nccnc23)C1. The van der Waals surface area contributed by atoms with Gasteiger partial charge in [-0.25, -0.2) is 15.0 Å². The van der Waals surface area contributed by atoms with E-state index in [9.17, 15) is 4.79 Å². The van der Waals surface area contributed by atoms with Crippen LogP contribution in [-0.2, 0) is 4.79 Å². The lowest BCUT2D eigenvalue weighted by Gasteiger charge is -2.38. The van der Waals surface area contributed by atoms with Crippen molar-refractivity contribution in [2.24, 2.45) is 5.92 Å². The van der Waals surface area contributed by atoms with E-state index in [1.54, 1.807) is 25.6 Å². The standard InChI is InChI=1S/C16H22N6O/c1-11-7-12(21-14(23)8-17-2)10-22(9-11)13-3-4-19-16-15(13)18-5-6-20-16/h3-6,11-12,17H,7-10H2,1-2H3,(H,21,23)/t11-,12+/m0/s1. The molecular weight excluding hydrogens is 292 g/mol. The van der Waals surface area contributed by atoms with Gasteiger partial charge in [-0.2, -0.15) is 0 Å². The van der Waals surface area contributed by atoms with Gasteiger partial charge < -0.3 is 15.5 Å². The van der Waals surface area contributed by atoms with E-state index in [-0.39, 0.29) is 11.9 Å². The van der Waals surface area contributed by atoms with Crippen LogP contribution in [0.3, 0.4) is 0 Å². The van der Waals surface area contributed by atoms with Gasteiger partial charge in [-0.05, 0) is 25.5 Å². The van der Waals surface area contributed by atoms with Crippen molar-refractivity contribution in [2.45, 2.75) is 19.4 Å². The number of nitrogens with zero attached hydrogens (tertiary/aromatic N) is 4. The summed E-state index contributed by atoms with van der Waals surface area (Å²) in [5.41, 5.74) is 2.49. The van der Waals surface area contributed by atoms with Gasteiger partial charge in [-0.1, -0.05) is 6.92 Å². The van der Waals surface area contributed by atoms with Gasteiger partial charge in [-0.15, -0.1) is 0 Å². The predicted molar refractivity (Wildman–Crippen MR) is 89.2 cm³/mol. The smallest absolute Gasteiger partial charge is 0.234 e. The van der Waals surface area contributed by atoms with Crippen LogP contribution in [0.1, 0.15) is 13.3 Å². The van der Waals surface area contributed by atoms with Crippen molar-refractivity contribution in [1.82, 2.24) is 25.6 Å². The summed E-state index contributed by atoms with van der Waals surface area (Å²) in [6.07, 6.45) is 6.09. The number of carbonyl (C=O) groups is 1. The van der Waals surface area contributed by atoms with Crippen LogP contribution in [0.15, 0.2) is 24.7 Å². The van der Waals surface area contributed by atoms with Crippen molar-refractivity contribution in [2.75, 3.05) is 31.6 Å². The molecule has 0 radical (unpaired) electrons. The first-order valence-corrected chi connectivity index (χ1v) is 7.92. The Bertz CT molecular complexity index is 686. The predicted octanol–water partition coefficient (Wildman–Crippen LogP) is 0.575. The van der Waals surface area contributed by atoms with Crippen LogP contribution in [0.25, 0.3) is 11.2 Å². The molecule has 7 heteroatoms. The van der Waals surface area contributed by atoms with Crippen molar-refractivity contribution in [3.05, 3.63) is 24.7 Å². The molecule has 2 atom stereocenters. The molecule has 0 bridgehead atoms. The zero-order valence-electron chi connectivity index (χ0n) is 13.5. The van der Waals surface area contributed by atoms with Crippen LogP contribution in [0.4, 0.5) is 5.69 Å². The monoisotopic (exact) mass is 314 g/mol. The first kappa shape index (κ1) is 15.6. The maximum atomic E-state index is 11.8. The minimum Gasteiger partial charge on any atom is -0.367 e. The Labute approximate surface area is 135 Å². The second-order valence-corrected chi connectivity index (χ2v) is 6.10. The summed E-state index contributed by atoms with van der Waals surface area (Å²) in [4.78, 5) is 27.1. The van der Waals surface area contributed by atoms with Crippen molar-refractivity contribution in [3.8, 4) is 0 Å². The molecule has 0 unspecified atom stereocenters. The summed E-state index contributed by atoms with van der Waals surface area (Å²) in [6.45, 7) is 4.26. The number of pyridine rings is 1. The zero-order chi connectivity index (χ0) is 16.2. The lowest BCUT2D eigenvalue weighted by atomic mass is 9.95. The topological polar surface area (TPSA) is 83.0 Å². The number of aromatic nitrogens is 3. The molecular formula is C16H22N6O. The summed E-state index contributed by atoms with van der Waals surface area (Å²) in [7, 11) is 1.77. The lowest BCUT2D eigenvalue weighted by molar-refractivity contribution is -0.120. The average Bonchev–Trinajstić information content (AvgIpc) is 2.54. The highest BCUT2D eigenvalue weighted by Crippen LogP contribution is 2.27. The third-order valence-electron chi connectivity index (χ3n) is 4.05. The number of hydrogen-bond acceptors (Lipinski definition) is 6.